The summed E-state index contributed by atoms with van der Waals surface area (Å²) in [5.74, 6) is 0.180. The molecule has 2 rings (SSSR count). The Labute approximate surface area is 148 Å². The molecule has 2 unspecified atom stereocenters. The lowest BCUT2D eigenvalue weighted by Crippen LogP contribution is -2.31. The van der Waals surface area contributed by atoms with Crippen molar-refractivity contribution in [1.29, 1.82) is 0 Å². The molecule has 0 aliphatic rings. The number of aromatic hydroxyl groups is 2. The minimum atomic E-state index is -3.25. The van der Waals surface area contributed by atoms with E-state index in [4.69, 9.17) is 9.26 Å². The van der Waals surface area contributed by atoms with Gasteiger partial charge < -0.3 is 19.5 Å². The first-order valence-corrected chi connectivity index (χ1v) is 9.69. The van der Waals surface area contributed by atoms with Gasteiger partial charge in [0.1, 0.15) is 12.1 Å². The van der Waals surface area contributed by atoms with Crippen LogP contribution in [-0.2, 0) is 15.7 Å². The van der Waals surface area contributed by atoms with Crippen molar-refractivity contribution in [3.63, 3.8) is 0 Å². The third kappa shape index (κ3) is 4.98. The van der Waals surface area contributed by atoms with Crippen LogP contribution in [0.5, 0.6) is 17.2 Å². The number of para-hydroxylation sites is 1. The zero-order chi connectivity index (χ0) is 18.4. The van der Waals surface area contributed by atoms with Gasteiger partial charge in [0.15, 0.2) is 11.5 Å². The highest BCUT2D eigenvalue weighted by atomic mass is 31.2. The summed E-state index contributed by atoms with van der Waals surface area (Å²) in [6.07, 6.45) is 0.486. The summed E-state index contributed by atoms with van der Waals surface area (Å²) in [4.78, 5) is 0. The van der Waals surface area contributed by atoms with Crippen LogP contribution in [0.1, 0.15) is 12.5 Å². The Kier molecular flexibility index (Phi) is 6.48. The standard InChI is InChI=1S/C18H24NO5P/c1-14(11-15-9-10-17(20)18(21)12-15)19(2)25(22,13-23-3)24-16-7-5-4-6-8-16/h4-10,12,14,20-21H,11,13H2,1-3H3. The number of nitrogens with zero attached hydrogens (tertiary/aromatic N) is 1. The Morgan fingerprint density at radius 3 is 2.40 bits per heavy atom. The van der Waals surface area contributed by atoms with Gasteiger partial charge >= 0.3 is 7.52 Å². The van der Waals surface area contributed by atoms with Crippen molar-refractivity contribution in [2.75, 3.05) is 20.5 Å². The summed E-state index contributed by atoms with van der Waals surface area (Å²) in [7, 11) is -0.0341. The van der Waals surface area contributed by atoms with Crippen LogP contribution in [0.4, 0.5) is 0 Å². The zero-order valence-corrected chi connectivity index (χ0v) is 15.5. The molecule has 0 aliphatic carbocycles. The van der Waals surface area contributed by atoms with E-state index < -0.39 is 7.52 Å². The number of rotatable bonds is 8. The molecule has 0 heterocycles. The van der Waals surface area contributed by atoms with Crippen LogP contribution < -0.4 is 4.52 Å². The van der Waals surface area contributed by atoms with Crippen LogP contribution in [-0.4, -0.2) is 41.4 Å². The van der Waals surface area contributed by atoms with Gasteiger partial charge in [-0.15, -0.1) is 0 Å². The summed E-state index contributed by atoms with van der Waals surface area (Å²) >= 11 is 0. The number of methoxy groups -OCH3 is 1. The topological polar surface area (TPSA) is 79.2 Å². The van der Waals surface area contributed by atoms with E-state index in [1.165, 1.54) is 19.2 Å². The van der Waals surface area contributed by atoms with Crippen molar-refractivity contribution in [2.45, 2.75) is 19.4 Å². The SMILES string of the molecule is COCP(=O)(Oc1ccccc1)N(C)C(C)Cc1ccc(O)c(O)c1. The van der Waals surface area contributed by atoms with Crippen molar-refractivity contribution in [3.8, 4) is 17.2 Å². The first kappa shape index (κ1) is 19.3. The van der Waals surface area contributed by atoms with E-state index in [-0.39, 0.29) is 23.9 Å². The molecule has 6 nitrogen and oxygen atoms in total. The lowest BCUT2D eigenvalue weighted by Gasteiger charge is -2.32. The van der Waals surface area contributed by atoms with Crippen molar-refractivity contribution < 1.29 is 24.0 Å². The Morgan fingerprint density at radius 1 is 1.12 bits per heavy atom. The molecular weight excluding hydrogens is 341 g/mol. The second kappa shape index (κ2) is 8.39. The summed E-state index contributed by atoms with van der Waals surface area (Å²) in [6.45, 7) is 1.92. The molecule has 2 atom stereocenters. The van der Waals surface area contributed by atoms with Gasteiger partial charge in [0, 0.05) is 13.2 Å². The lowest BCUT2D eigenvalue weighted by molar-refractivity contribution is 0.218. The second-order valence-electron chi connectivity index (χ2n) is 5.91. The number of ether oxygens (including phenoxy) is 1. The Morgan fingerprint density at radius 2 is 1.80 bits per heavy atom. The first-order chi connectivity index (χ1) is 11.9. The molecule has 2 aromatic carbocycles. The molecule has 25 heavy (non-hydrogen) atoms. The number of benzene rings is 2. The number of likely N-dealkylation sites (N-methyl/N-ethyl adjacent to an activating group) is 1. The normalized spacial score (nSPS) is 14.9. The van der Waals surface area contributed by atoms with Crippen LogP contribution in [0, 0.1) is 0 Å². The first-order valence-electron chi connectivity index (χ1n) is 7.92. The van der Waals surface area contributed by atoms with E-state index in [0.29, 0.717) is 12.2 Å². The minimum absolute atomic E-state index is 0.0381. The molecule has 0 saturated carbocycles. The lowest BCUT2D eigenvalue weighted by atomic mass is 10.1. The van der Waals surface area contributed by atoms with Crippen LogP contribution >= 0.6 is 7.52 Å². The second-order valence-corrected chi connectivity index (χ2v) is 8.26. The average Bonchev–Trinajstić information content (AvgIpc) is 2.58. The molecule has 0 amide bonds. The largest absolute Gasteiger partial charge is 0.504 e. The summed E-state index contributed by atoms with van der Waals surface area (Å²) in [6, 6.07) is 13.5. The van der Waals surface area contributed by atoms with Crippen LogP contribution in [0.2, 0.25) is 0 Å². The van der Waals surface area contributed by atoms with Gasteiger partial charge in [-0.05, 0) is 50.2 Å². The van der Waals surface area contributed by atoms with Gasteiger partial charge in [-0.1, -0.05) is 24.3 Å². The molecule has 0 spiro atoms. The predicted molar refractivity (Wildman–Crippen MR) is 97.3 cm³/mol. The van der Waals surface area contributed by atoms with Gasteiger partial charge in [0.25, 0.3) is 0 Å². The predicted octanol–water partition coefficient (Wildman–Crippen LogP) is 3.84. The number of phenolic OH excluding ortho intramolecular Hbond substituents is 2. The van der Waals surface area contributed by atoms with E-state index >= 15 is 0 Å². The van der Waals surface area contributed by atoms with Gasteiger partial charge in [-0.3, -0.25) is 4.57 Å². The third-order valence-electron chi connectivity index (χ3n) is 3.97. The zero-order valence-electron chi connectivity index (χ0n) is 14.6. The van der Waals surface area contributed by atoms with E-state index in [0.717, 1.165) is 5.56 Å². The number of hydrogen-bond acceptors (Lipinski definition) is 5. The van der Waals surface area contributed by atoms with E-state index in [2.05, 4.69) is 0 Å². The minimum Gasteiger partial charge on any atom is -0.504 e. The molecule has 0 aromatic heterocycles. The summed E-state index contributed by atoms with van der Waals surface area (Å²) in [5, 5.41) is 19.0. The Bertz CT molecular complexity index is 738. The van der Waals surface area contributed by atoms with Crippen molar-refractivity contribution in [1.82, 2.24) is 4.67 Å². The van der Waals surface area contributed by atoms with Crippen molar-refractivity contribution >= 4 is 7.52 Å². The van der Waals surface area contributed by atoms with E-state index in [9.17, 15) is 14.8 Å². The third-order valence-corrected chi connectivity index (χ3v) is 6.41. The fourth-order valence-corrected chi connectivity index (χ4v) is 4.28. The summed E-state index contributed by atoms with van der Waals surface area (Å²) < 4.78 is 25.9. The van der Waals surface area contributed by atoms with Gasteiger partial charge in [-0.2, -0.15) is 0 Å². The molecular formula is C18H24NO5P. The van der Waals surface area contributed by atoms with E-state index in [1.807, 2.05) is 25.1 Å². The quantitative estimate of drug-likeness (QED) is 0.547. The maximum absolute atomic E-state index is 13.3. The Hall–Kier alpha value is -2.01. The molecule has 2 N–H and O–H groups in total. The molecule has 136 valence electrons. The van der Waals surface area contributed by atoms with Gasteiger partial charge in [-0.25, -0.2) is 4.67 Å². The monoisotopic (exact) mass is 365 g/mol. The van der Waals surface area contributed by atoms with Crippen molar-refractivity contribution in [2.24, 2.45) is 0 Å². The molecule has 0 radical (unpaired) electrons. The maximum atomic E-state index is 13.3. The molecule has 7 heteroatoms. The molecule has 0 aliphatic heterocycles. The Balaban J connectivity index is 2.16. The fourth-order valence-electron chi connectivity index (χ4n) is 2.46. The molecule has 0 fully saturated rings. The highest BCUT2D eigenvalue weighted by Gasteiger charge is 2.34. The van der Waals surface area contributed by atoms with Crippen LogP contribution in [0.15, 0.2) is 48.5 Å². The number of phenols is 2. The molecule has 0 saturated heterocycles. The van der Waals surface area contributed by atoms with Crippen LogP contribution in [0.25, 0.3) is 0 Å². The molecule has 0 bridgehead atoms. The van der Waals surface area contributed by atoms with Gasteiger partial charge in [0.2, 0.25) is 0 Å². The highest BCUT2D eigenvalue weighted by molar-refractivity contribution is 7.56. The fraction of sp³-hybridized carbons (Fsp3) is 0.333. The summed E-state index contributed by atoms with van der Waals surface area (Å²) in [5.41, 5.74) is 0.818. The average molecular weight is 365 g/mol. The smallest absolute Gasteiger partial charge is 0.344 e. The maximum Gasteiger partial charge on any atom is 0.344 e. The highest BCUT2D eigenvalue weighted by Crippen LogP contribution is 2.51. The van der Waals surface area contributed by atoms with Gasteiger partial charge in [0.05, 0.1) is 0 Å². The molecule has 2 aromatic rings. The van der Waals surface area contributed by atoms with Crippen LogP contribution in [0.3, 0.4) is 0 Å². The van der Waals surface area contributed by atoms with Crippen molar-refractivity contribution in [3.05, 3.63) is 54.1 Å². The van der Waals surface area contributed by atoms with E-state index in [1.54, 1.807) is 29.9 Å². The number of hydrogen-bond donors (Lipinski definition) is 2.